The quantitative estimate of drug-likeness (QED) is 0.506. The van der Waals surface area contributed by atoms with Crippen LogP contribution in [-0.2, 0) is 0 Å². The van der Waals surface area contributed by atoms with Gasteiger partial charge in [0, 0.05) is 5.56 Å². The summed E-state index contributed by atoms with van der Waals surface area (Å²) in [6, 6.07) is 9.39. The Morgan fingerprint density at radius 3 is 2.54 bits per heavy atom. The van der Waals surface area contributed by atoms with E-state index in [1.165, 1.54) is 12.8 Å². The van der Waals surface area contributed by atoms with Crippen molar-refractivity contribution in [2.75, 3.05) is 0 Å². The van der Waals surface area contributed by atoms with Crippen LogP contribution >= 0.6 is 0 Å². The second kappa shape index (κ2) is 3.56. The molecule has 0 radical (unpaired) electrons. The Bertz CT molecular complexity index is 320. The Morgan fingerprint density at radius 1 is 1.23 bits per heavy atom. The van der Waals surface area contributed by atoms with Crippen LogP contribution in [0, 0.1) is 5.92 Å². The lowest BCUT2D eigenvalue weighted by molar-refractivity contribution is 0.104. The minimum Gasteiger partial charge on any atom is -0.289 e. The van der Waals surface area contributed by atoms with Gasteiger partial charge in [-0.2, -0.15) is 0 Å². The number of ketones is 1. The first-order chi connectivity index (χ1) is 6.36. The van der Waals surface area contributed by atoms with Gasteiger partial charge in [-0.3, -0.25) is 4.79 Å². The number of carbonyl (C=O) groups excluding carboxylic acids is 1. The van der Waals surface area contributed by atoms with Crippen LogP contribution in [0.3, 0.4) is 0 Å². The molecule has 0 atom stereocenters. The average Bonchev–Trinajstić information content (AvgIpc) is 2.99. The second-order valence-corrected chi connectivity index (χ2v) is 3.43. The van der Waals surface area contributed by atoms with Crippen molar-refractivity contribution in [3.05, 3.63) is 48.0 Å². The summed E-state index contributed by atoms with van der Waals surface area (Å²) in [5.74, 6) is 0.792. The summed E-state index contributed by atoms with van der Waals surface area (Å²) < 4.78 is 0. The number of carbonyl (C=O) groups is 1. The monoisotopic (exact) mass is 172 g/mol. The molecule has 0 saturated heterocycles. The zero-order valence-electron chi connectivity index (χ0n) is 7.44. The summed E-state index contributed by atoms with van der Waals surface area (Å²) in [6.45, 7) is 0. The molecule has 0 N–H and O–H groups in total. The van der Waals surface area contributed by atoms with Crippen LogP contribution in [0.2, 0.25) is 0 Å². The summed E-state index contributed by atoms with van der Waals surface area (Å²) >= 11 is 0. The molecule has 0 amide bonds. The van der Waals surface area contributed by atoms with Gasteiger partial charge in [0.15, 0.2) is 5.78 Å². The molecule has 0 spiro atoms. The first-order valence-corrected chi connectivity index (χ1v) is 4.64. The molecule has 0 bridgehead atoms. The van der Waals surface area contributed by atoms with Crippen molar-refractivity contribution < 1.29 is 4.79 Å². The van der Waals surface area contributed by atoms with Gasteiger partial charge < -0.3 is 0 Å². The van der Waals surface area contributed by atoms with Crippen LogP contribution in [0.15, 0.2) is 42.5 Å². The third kappa shape index (κ3) is 2.28. The highest BCUT2D eigenvalue weighted by Gasteiger charge is 2.17. The zero-order chi connectivity index (χ0) is 9.10. The predicted molar refractivity (Wildman–Crippen MR) is 52.6 cm³/mol. The third-order valence-corrected chi connectivity index (χ3v) is 2.20. The SMILES string of the molecule is O=C(/C=C/C1CC1)c1ccccc1. The van der Waals surface area contributed by atoms with Crippen molar-refractivity contribution >= 4 is 5.78 Å². The highest BCUT2D eigenvalue weighted by Crippen LogP contribution is 2.30. The molecule has 0 aliphatic heterocycles. The van der Waals surface area contributed by atoms with Gasteiger partial charge in [0.25, 0.3) is 0 Å². The number of benzene rings is 1. The molecule has 13 heavy (non-hydrogen) atoms. The van der Waals surface area contributed by atoms with Crippen molar-refractivity contribution in [3.8, 4) is 0 Å². The van der Waals surface area contributed by atoms with Crippen LogP contribution in [0.25, 0.3) is 0 Å². The predicted octanol–water partition coefficient (Wildman–Crippen LogP) is 2.84. The van der Waals surface area contributed by atoms with Crippen molar-refractivity contribution in [3.63, 3.8) is 0 Å². The van der Waals surface area contributed by atoms with Crippen molar-refractivity contribution in [1.29, 1.82) is 0 Å². The zero-order valence-corrected chi connectivity index (χ0v) is 7.44. The number of hydrogen-bond acceptors (Lipinski definition) is 1. The fraction of sp³-hybridized carbons (Fsp3) is 0.250. The van der Waals surface area contributed by atoms with Gasteiger partial charge >= 0.3 is 0 Å². The van der Waals surface area contributed by atoms with Crippen molar-refractivity contribution in [2.24, 2.45) is 5.92 Å². The summed E-state index contributed by atoms with van der Waals surface area (Å²) in [6.07, 6.45) is 6.22. The highest BCUT2D eigenvalue weighted by atomic mass is 16.1. The number of hydrogen-bond donors (Lipinski definition) is 0. The largest absolute Gasteiger partial charge is 0.289 e. The maximum Gasteiger partial charge on any atom is 0.185 e. The maximum atomic E-state index is 11.5. The molecular formula is C12H12O. The van der Waals surface area contributed by atoms with Crippen LogP contribution < -0.4 is 0 Å². The molecule has 1 heteroatoms. The molecule has 1 saturated carbocycles. The number of allylic oxidation sites excluding steroid dienone is 2. The third-order valence-electron chi connectivity index (χ3n) is 2.20. The second-order valence-electron chi connectivity index (χ2n) is 3.43. The minimum atomic E-state index is 0.118. The highest BCUT2D eigenvalue weighted by molar-refractivity contribution is 6.04. The lowest BCUT2D eigenvalue weighted by Gasteiger charge is -1.92. The van der Waals surface area contributed by atoms with Gasteiger partial charge in [0.05, 0.1) is 0 Å². The number of rotatable bonds is 3. The Kier molecular flexibility index (Phi) is 2.26. The van der Waals surface area contributed by atoms with E-state index in [9.17, 15) is 4.79 Å². The standard InChI is InChI=1S/C12H12O/c13-12(9-8-10-6-7-10)11-4-2-1-3-5-11/h1-5,8-10H,6-7H2/b9-8+. The van der Waals surface area contributed by atoms with Gasteiger partial charge in [0.1, 0.15) is 0 Å². The summed E-state index contributed by atoms with van der Waals surface area (Å²) in [5.41, 5.74) is 0.777. The summed E-state index contributed by atoms with van der Waals surface area (Å²) in [7, 11) is 0. The van der Waals surface area contributed by atoms with Gasteiger partial charge in [-0.15, -0.1) is 0 Å². The van der Waals surface area contributed by atoms with E-state index in [0.29, 0.717) is 5.92 Å². The van der Waals surface area contributed by atoms with Crippen LogP contribution in [-0.4, -0.2) is 5.78 Å². The minimum absolute atomic E-state index is 0.118. The maximum absolute atomic E-state index is 11.5. The molecule has 2 rings (SSSR count). The van der Waals surface area contributed by atoms with E-state index in [-0.39, 0.29) is 5.78 Å². The van der Waals surface area contributed by atoms with E-state index in [4.69, 9.17) is 0 Å². The van der Waals surface area contributed by atoms with E-state index in [0.717, 1.165) is 5.56 Å². The molecule has 0 aromatic heterocycles. The Morgan fingerprint density at radius 2 is 1.92 bits per heavy atom. The molecule has 66 valence electrons. The fourth-order valence-electron chi connectivity index (χ4n) is 1.21. The average molecular weight is 172 g/mol. The van der Waals surface area contributed by atoms with E-state index < -0.39 is 0 Å². The Labute approximate surface area is 78.1 Å². The van der Waals surface area contributed by atoms with Gasteiger partial charge in [0.2, 0.25) is 0 Å². The normalized spacial score (nSPS) is 16.3. The molecule has 1 aromatic carbocycles. The van der Waals surface area contributed by atoms with E-state index in [2.05, 4.69) is 0 Å². The Hall–Kier alpha value is -1.37. The summed E-state index contributed by atoms with van der Waals surface area (Å²) in [4.78, 5) is 11.5. The molecule has 1 aliphatic carbocycles. The first-order valence-electron chi connectivity index (χ1n) is 4.64. The smallest absolute Gasteiger partial charge is 0.185 e. The lowest BCUT2D eigenvalue weighted by atomic mass is 10.1. The topological polar surface area (TPSA) is 17.1 Å². The molecule has 1 aromatic rings. The van der Waals surface area contributed by atoms with Gasteiger partial charge in [-0.05, 0) is 24.8 Å². The van der Waals surface area contributed by atoms with Crippen LogP contribution in [0.1, 0.15) is 23.2 Å². The van der Waals surface area contributed by atoms with Gasteiger partial charge in [-0.25, -0.2) is 0 Å². The molecular weight excluding hydrogens is 160 g/mol. The molecule has 1 fully saturated rings. The fourth-order valence-corrected chi connectivity index (χ4v) is 1.21. The Balaban J connectivity index is 2.04. The first kappa shape index (κ1) is 8.24. The van der Waals surface area contributed by atoms with Crippen molar-refractivity contribution in [2.45, 2.75) is 12.8 Å². The van der Waals surface area contributed by atoms with E-state index in [1.54, 1.807) is 6.08 Å². The van der Waals surface area contributed by atoms with Gasteiger partial charge in [-0.1, -0.05) is 36.4 Å². The van der Waals surface area contributed by atoms with Crippen LogP contribution in [0.4, 0.5) is 0 Å². The molecule has 0 heterocycles. The van der Waals surface area contributed by atoms with E-state index >= 15 is 0 Å². The lowest BCUT2D eigenvalue weighted by Crippen LogP contribution is -1.92. The van der Waals surface area contributed by atoms with Crippen molar-refractivity contribution in [1.82, 2.24) is 0 Å². The molecule has 1 nitrogen and oxygen atoms in total. The molecule has 1 aliphatic rings. The van der Waals surface area contributed by atoms with E-state index in [1.807, 2.05) is 36.4 Å². The summed E-state index contributed by atoms with van der Waals surface area (Å²) in [5, 5.41) is 0. The molecule has 0 unspecified atom stereocenters. The van der Waals surface area contributed by atoms with Crippen LogP contribution in [0.5, 0.6) is 0 Å².